The Morgan fingerprint density at radius 1 is 1.47 bits per heavy atom. The summed E-state index contributed by atoms with van der Waals surface area (Å²) >= 11 is 0. The van der Waals surface area contributed by atoms with Crippen molar-refractivity contribution in [2.45, 2.75) is 12.5 Å². The number of nitrogens with zero attached hydrogens (tertiary/aromatic N) is 2. The number of ether oxygens (including phenoxy) is 1. The highest BCUT2D eigenvalue weighted by Gasteiger charge is 2.20. The first-order chi connectivity index (χ1) is 8.34. The Morgan fingerprint density at radius 2 is 2.35 bits per heavy atom. The largest absolute Gasteiger partial charge is 0.379 e. The van der Waals surface area contributed by atoms with Crippen molar-refractivity contribution in [1.29, 1.82) is 0 Å². The smallest absolute Gasteiger partial charge is 0.255 e. The third-order valence-corrected chi connectivity index (χ3v) is 2.82. The Balaban J connectivity index is 1.85. The number of fused-ring (bicyclic) bond motifs is 1. The predicted molar refractivity (Wildman–Crippen MR) is 60.6 cm³/mol. The third-order valence-electron chi connectivity index (χ3n) is 2.82. The summed E-state index contributed by atoms with van der Waals surface area (Å²) in [6.45, 7) is 1.29. The molecule has 2 N–H and O–H groups in total. The lowest BCUT2D eigenvalue weighted by Crippen LogP contribution is -2.34. The van der Waals surface area contributed by atoms with Crippen molar-refractivity contribution >= 4 is 17.1 Å². The van der Waals surface area contributed by atoms with Crippen LogP contribution in [-0.4, -0.2) is 40.1 Å². The predicted octanol–water partition coefficient (Wildman–Crippen LogP) is 0.477. The number of carbonyl (C=O) groups excluding carboxylic acids is 1. The molecule has 0 unspecified atom stereocenters. The van der Waals surface area contributed by atoms with E-state index >= 15 is 0 Å². The second-order valence-corrected chi connectivity index (χ2v) is 3.99. The van der Waals surface area contributed by atoms with Gasteiger partial charge in [-0.1, -0.05) is 0 Å². The fraction of sp³-hybridized carbons (Fsp3) is 0.364. The fourth-order valence-electron chi connectivity index (χ4n) is 1.93. The number of aromatic nitrogens is 3. The Kier molecular flexibility index (Phi) is 2.49. The molecule has 0 aromatic carbocycles. The minimum Gasteiger partial charge on any atom is -0.379 e. The summed E-state index contributed by atoms with van der Waals surface area (Å²) < 4.78 is 5.21. The van der Waals surface area contributed by atoms with Crippen molar-refractivity contribution in [2.75, 3.05) is 13.2 Å². The summed E-state index contributed by atoms with van der Waals surface area (Å²) in [6.07, 6.45) is 5.66. The molecule has 1 saturated heterocycles. The summed E-state index contributed by atoms with van der Waals surface area (Å²) in [4.78, 5) is 23.2. The number of carbonyl (C=O) groups is 1. The van der Waals surface area contributed by atoms with Gasteiger partial charge >= 0.3 is 0 Å². The van der Waals surface area contributed by atoms with E-state index in [2.05, 4.69) is 20.3 Å². The van der Waals surface area contributed by atoms with Gasteiger partial charge in [-0.2, -0.15) is 0 Å². The highest BCUT2D eigenvalue weighted by atomic mass is 16.5. The maximum Gasteiger partial charge on any atom is 0.255 e. The minimum absolute atomic E-state index is 0.101. The lowest BCUT2D eigenvalue weighted by molar-refractivity contribution is 0.0931. The lowest BCUT2D eigenvalue weighted by atomic mass is 10.2. The van der Waals surface area contributed by atoms with Crippen LogP contribution in [0.3, 0.4) is 0 Å². The van der Waals surface area contributed by atoms with Crippen LogP contribution in [0.2, 0.25) is 0 Å². The van der Waals surface area contributed by atoms with Crippen LogP contribution < -0.4 is 5.32 Å². The van der Waals surface area contributed by atoms with Crippen molar-refractivity contribution in [3.8, 4) is 0 Å². The maximum atomic E-state index is 12.0. The second-order valence-electron chi connectivity index (χ2n) is 3.99. The zero-order valence-electron chi connectivity index (χ0n) is 9.14. The Hall–Kier alpha value is -1.95. The van der Waals surface area contributed by atoms with Crippen LogP contribution in [0.4, 0.5) is 0 Å². The quantitative estimate of drug-likeness (QED) is 0.789. The Labute approximate surface area is 97.4 Å². The third kappa shape index (κ3) is 1.87. The number of nitrogens with one attached hydrogen (secondary N) is 2. The molecule has 3 heterocycles. The summed E-state index contributed by atoms with van der Waals surface area (Å²) in [5.74, 6) is -0.132. The first kappa shape index (κ1) is 10.2. The van der Waals surface area contributed by atoms with Gasteiger partial charge in [0.25, 0.3) is 5.91 Å². The summed E-state index contributed by atoms with van der Waals surface area (Å²) in [6, 6.07) is 0.101. The second kappa shape index (κ2) is 4.14. The molecule has 6 nitrogen and oxygen atoms in total. The number of hydrogen-bond acceptors (Lipinski definition) is 4. The van der Waals surface area contributed by atoms with E-state index in [0.717, 1.165) is 6.42 Å². The highest BCUT2D eigenvalue weighted by Crippen LogP contribution is 2.13. The molecule has 0 bridgehead atoms. The van der Waals surface area contributed by atoms with E-state index in [-0.39, 0.29) is 11.9 Å². The first-order valence-electron chi connectivity index (χ1n) is 5.51. The molecule has 0 saturated carbocycles. The maximum absolute atomic E-state index is 12.0. The number of H-pyrrole nitrogens is 1. The summed E-state index contributed by atoms with van der Waals surface area (Å²) in [7, 11) is 0. The van der Waals surface area contributed by atoms with E-state index in [1.54, 1.807) is 18.6 Å². The van der Waals surface area contributed by atoms with Crippen molar-refractivity contribution in [3.63, 3.8) is 0 Å². The molecule has 17 heavy (non-hydrogen) atoms. The molecule has 1 aliphatic heterocycles. The van der Waals surface area contributed by atoms with Crippen LogP contribution in [0.15, 0.2) is 18.6 Å². The Morgan fingerprint density at radius 3 is 3.18 bits per heavy atom. The molecule has 2 aromatic rings. The molecule has 0 spiro atoms. The molecule has 1 fully saturated rings. The zero-order chi connectivity index (χ0) is 11.7. The van der Waals surface area contributed by atoms with Gasteiger partial charge in [-0.05, 0) is 6.42 Å². The standard InChI is InChI=1S/C11H12N4O2/c16-11(15-7-1-4-17-6-7)8-5-14-10-9(8)12-2-3-13-10/h2-3,5,7H,1,4,6H2,(H,13,14)(H,15,16)/t7-/m0/s1. The zero-order valence-corrected chi connectivity index (χ0v) is 9.14. The van der Waals surface area contributed by atoms with Crippen LogP contribution in [-0.2, 0) is 4.74 Å². The van der Waals surface area contributed by atoms with Gasteiger partial charge in [-0.25, -0.2) is 4.98 Å². The van der Waals surface area contributed by atoms with Crippen LogP contribution in [0.1, 0.15) is 16.8 Å². The molecule has 88 valence electrons. The van der Waals surface area contributed by atoms with Gasteiger partial charge in [-0.3, -0.25) is 9.78 Å². The molecular weight excluding hydrogens is 220 g/mol. The molecule has 6 heteroatoms. The van der Waals surface area contributed by atoms with E-state index in [4.69, 9.17) is 4.74 Å². The monoisotopic (exact) mass is 232 g/mol. The van der Waals surface area contributed by atoms with Crippen molar-refractivity contribution in [3.05, 3.63) is 24.2 Å². The molecule has 1 amide bonds. The van der Waals surface area contributed by atoms with Crippen LogP contribution in [0.5, 0.6) is 0 Å². The van der Waals surface area contributed by atoms with Gasteiger partial charge < -0.3 is 15.0 Å². The van der Waals surface area contributed by atoms with E-state index in [1.165, 1.54) is 0 Å². The van der Waals surface area contributed by atoms with Crippen molar-refractivity contribution in [2.24, 2.45) is 0 Å². The molecular formula is C11H12N4O2. The fourth-order valence-corrected chi connectivity index (χ4v) is 1.93. The molecule has 2 aromatic heterocycles. The summed E-state index contributed by atoms with van der Waals surface area (Å²) in [5, 5.41) is 2.92. The van der Waals surface area contributed by atoms with Gasteiger partial charge in [0.2, 0.25) is 0 Å². The van der Waals surface area contributed by atoms with Crippen molar-refractivity contribution < 1.29 is 9.53 Å². The van der Waals surface area contributed by atoms with E-state index < -0.39 is 0 Å². The number of aromatic amines is 1. The van der Waals surface area contributed by atoms with E-state index in [1.807, 2.05) is 0 Å². The summed E-state index contributed by atoms with van der Waals surface area (Å²) in [5.41, 5.74) is 1.75. The van der Waals surface area contributed by atoms with Gasteiger partial charge in [0, 0.05) is 25.2 Å². The topological polar surface area (TPSA) is 79.9 Å². The van der Waals surface area contributed by atoms with Gasteiger partial charge in [0.1, 0.15) is 5.52 Å². The molecule has 0 aliphatic carbocycles. The molecule has 1 atom stereocenters. The van der Waals surface area contributed by atoms with Crippen LogP contribution in [0.25, 0.3) is 11.2 Å². The van der Waals surface area contributed by atoms with Crippen LogP contribution in [0, 0.1) is 0 Å². The van der Waals surface area contributed by atoms with E-state index in [0.29, 0.717) is 29.9 Å². The first-order valence-corrected chi connectivity index (χ1v) is 5.51. The number of rotatable bonds is 2. The normalized spacial score (nSPS) is 19.6. The average molecular weight is 232 g/mol. The van der Waals surface area contributed by atoms with Gasteiger partial charge in [0.05, 0.1) is 18.2 Å². The van der Waals surface area contributed by atoms with Gasteiger partial charge in [0.15, 0.2) is 5.65 Å². The number of hydrogen-bond donors (Lipinski definition) is 2. The van der Waals surface area contributed by atoms with Gasteiger partial charge in [-0.15, -0.1) is 0 Å². The average Bonchev–Trinajstić information content (AvgIpc) is 2.96. The molecule has 3 rings (SSSR count). The number of amides is 1. The Bertz CT molecular complexity index is 545. The molecule has 1 aliphatic rings. The highest BCUT2D eigenvalue weighted by molar-refractivity contribution is 6.04. The minimum atomic E-state index is -0.132. The van der Waals surface area contributed by atoms with E-state index in [9.17, 15) is 4.79 Å². The SMILES string of the molecule is O=C(N[C@H]1CCOC1)c1c[nH]c2nccnc12. The lowest BCUT2D eigenvalue weighted by Gasteiger charge is -2.09. The van der Waals surface area contributed by atoms with Crippen LogP contribution >= 0.6 is 0 Å². The van der Waals surface area contributed by atoms with Crippen molar-refractivity contribution in [1.82, 2.24) is 20.3 Å². The molecule has 0 radical (unpaired) electrons.